The van der Waals surface area contributed by atoms with Gasteiger partial charge in [0.05, 0.1) is 24.3 Å². The Kier molecular flexibility index (Phi) is 8.24. The predicted octanol–water partition coefficient (Wildman–Crippen LogP) is 3.52. The topological polar surface area (TPSA) is 96.4 Å². The monoisotopic (exact) mass is 484 g/mol. The second kappa shape index (κ2) is 11.1. The quantitative estimate of drug-likeness (QED) is 0.191. The average molecular weight is 485 g/mol. The molecule has 0 bridgehead atoms. The van der Waals surface area contributed by atoms with Crippen molar-refractivity contribution in [2.24, 2.45) is 0 Å². The number of esters is 1. The summed E-state index contributed by atoms with van der Waals surface area (Å²) in [6.45, 7) is 7.57. The number of rotatable bonds is 9. The van der Waals surface area contributed by atoms with Crippen LogP contribution in [0.2, 0.25) is 0 Å². The van der Waals surface area contributed by atoms with E-state index < -0.39 is 35.3 Å². The molecule has 1 heterocycles. The molecule has 0 spiro atoms. The Hall–Kier alpha value is -3.72. The Morgan fingerprint density at radius 3 is 2.34 bits per heavy atom. The summed E-state index contributed by atoms with van der Waals surface area (Å²) in [7, 11) is 1.36. The first-order valence-corrected chi connectivity index (χ1v) is 11.3. The number of carbonyl (C=O) groups excluding carboxylic acids is 3. The molecule has 1 fully saturated rings. The van der Waals surface area contributed by atoms with Crippen molar-refractivity contribution in [3.63, 3.8) is 0 Å². The predicted molar refractivity (Wildman–Crippen MR) is 128 cm³/mol. The van der Waals surface area contributed by atoms with Gasteiger partial charge in [0.2, 0.25) is 0 Å². The van der Waals surface area contributed by atoms with Crippen molar-refractivity contribution in [2.75, 3.05) is 33.3 Å². The molecule has 1 atom stereocenters. The number of benzene rings is 2. The van der Waals surface area contributed by atoms with Crippen LogP contribution in [0.1, 0.15) is 37.9 Å². The molecular formula is C26H29FN2O6. The summed E-state index contributed by atoms with van der Waals surface area (Å²) < 4.78 is 24.4. The first kappa shape index (κ1) is 25.9. The minimum atomic E-state index is -0.926. The van der Waals surface area contributed by atoms with Gasteiger partial charge in [-0.15, -0.1) is 0 Å². The molecule has 0 radical (unpaired) electrons. The smallest absolute Gasteiger partial charge is 0.308 e. The summed E-state index contributed by atoms with van der Waals surface area (Å²) in [5.41, 5.74) is 0.325. The second-order valence-corrected chi connectivity index (χ2v) is 8.03. The van der Waals surface area contributed by atoms with E-state index in [0.717, 1.165) is 19.2 Å². The lowest BCUT2D eigenvalue weighted by Crippen LogP contribution is -2.38. The Bertz CT molecular complexity index is 1140. The normalized spacial score (nSPS) is 17.2. The van der Waals surface area contributed by atoms with E-state index in [1.807, 2.05) is 13.8 Å². The van der Waals surface area contributed by atoms with Crippen LogP contribution in [0.5, 0.6) is 11.5 Å². The SMILES string of the molecule is CCN(CC)CCN1C(=O)C(=O)/C(=C(/O)c2cc(F)ccc2OC)C1c1ccc(OC(C)=O)cc1. The fraction of sp³-hybridized carbons (Fsp3) is 0.346. The van der Waals surface area contributed by atoms with Gasteiger partial charge >= 0.3 is 5.97 Å². The number of halogens is 1. The summed E-state index contributed by atoms with van der Waals surface area (Å²) in [5, 5.41) is 11.2. The molecule has 0 aromatic heterocycles. The number of aliphatic hydroxyl groups excluding tert-OH is 1. The van der Waals surface area contributed by atoms with Crippen molar-refractivity contribution < 1.29 is 33.4 Å². The van der Waals surface area contributed by atoms with E-state index >= 15 is 0 Å². The van der Waals surface area contributed by atoms with Crippen LogP contribution in [0.4, 0.5) is 4.39 Å². The van der Waals surface area contributed by atoms with E-state index in [-0.39, 0.29) is 23.4 Å². The van der Waals surface area contributed by atoms with Crippen LogP contribution in [-0.4, -0.2) is 65.9 Å². The number of likely N-dealkylation sites (tertiary alicyclic amines) is 1. The van der Waals surface area contributed by atoms with Gasteiger partial charge in [-0.2, -0.15) is 0 Å². The molecule has 1 N–H and O–H groups in total. The zero-order valence-corrected chi connectivity index (χ0v) is 20.2. The molecule has 8 nitrogen and oxygen atoms in total. The van der Waals surface area contributed by atoms with Crippen LogP contribution < -0.4 is 9.47 Å². The lowest BCUT2D eigenvalue weighted by molar-refractivity contribution is -0.140. The number of nitrogens with zero attached hydrogens (tertiary/aromatic N) is 2. The number of ketones is 1. The average Bonchev–Trinajstić information content (AvgIpc) is 3.09. The fourth-order valence-corrected chi connectivity index (χ4v) is 4.14. The minimum Gasteiger partial charge on any atom is -0.507 e. The Labute approximate surface area is 203 Å². The summed E-state index contributed by atoms with van der Waals surface area (Å²) in [4.78, 5) is 41.1. The summed E-state index contributed by atoms with van der Waals surface area (Å²) in [6.07, 6.45) is 0. The van der Waals surface area contributed by atoms with Gasteiger partial charge < -0.3 is 24.4 Å². The molecule has 1 amide bonds. The maximum Gasteiger partial charge on any atom is 0.308 e. The van der Waals surface area contributed by atoms with Gasteiger partial charge in [-0.25, -0.2) is 4.39 Å². The number of aliphatic hydroxyl groups is 1. The summed E-state index contributed by atoms with van der Waals surface area (Å²) in [6, 6.07) is 8.97. The first-order chi connectivity index (χ1) is 16.7. The molecular weight excluding hydrogens is 455 g/mol. The van der Waals surface area contributed by atoms with E-state index in [1.165, 1.54) is 31.1 Å². The van der Waals surface area contributed by atoms with Crippen LogP contribution in [-0.2, 0) is 14.4 Å². The number of carbonyl (C=O) groups is 3. The third-order valence-corrected chi connectivity index (χ3v) is 5.97. The number of hydrogen-bond acceptors (Lipinski definition) is 7. The van der Waals surface area contributed by atoms with Crippen LogP contribution in [0.3, 0.4) is 0 Å². The van der Waals surface area contributed by atoms with Crippen LogP contribution in [0.25, 0.3) is 5.76 Å². The Balaban J connectivity index is 2.14. The molecule has 2 aromatic rings. The standard InChI is InChI=1S/C26H29FN2O6/c1-5-28(6-2)13-14-29-23(17-7-10-19(11-8-17)35-16(3)30)22(25(32)26(29)33)24(31)20-15-18(27)9-12-21(20)34-4/h7-12,15,23,31H,5-6,13-14H2,1-4H3/b24-22+. The minimum absolute atomic E-state index is 0.0317. The highest BCUT2D eigenvalue weighted by Gasteiger charge is 2.46. The number of methoxy groups -OCH3 is 1. The molecule has 1 aliphatic heterocycles. The summed E-state index contributed by atoms with van der Waals surface area (Å²) >= 11 is 0. The highest BCUT2D eigenvalue weighted by Crippen LogP contribution is 2.41. The van der Waals surface area contributed by atoms with Crippen molar-refractivity contribution in [1.82, 2.24) is 9.80 Å². The highest BCUT2D eigenvalue weighted by atomic mass is 19.1. The van der Waals surface area contributed by atoms with Gasteiger partial charge in [-0.1, -0.05) is 26.0 Å². The van der Waals surface area contributed by atoms with Gasteiger partial charge in [-0.3, -0.25) is 14.4 Å². The van der Waals surface area contributed by atoms with E-state index in [4.69, 9.17) is 9.47 Å². The third-order valence-electron chi connectivity index (χ3n) is 5.97. The van der Waals surface area contributed by atoms with Crippen LogP contribution in [0, 0.1) is 5.82 Å². The number of likely N-dealkylation sites (N-methyl/N-ethyl adjacent to an activating group) is 1. The molecule has 35 heavy (non-hydrogen) atoms. The molecule has 3 rings (SSSR count). The third kappa shape index (κ3) is 5.51. The number of amides is 1. The number of Topliss-reactive ketones (excluding diaryl/α,β-unsaturated/α-hetero) is 1. The Morgan fingerprint density at radius 2 is 1.77 bits per heavy atom. The van der Waals surface area contributed by atoms with Gasteiger partial charge in [0.1, 0.15) is 23.1 Å². The van der Waals surface area contributed by atoms with Crippen molar-refractivity contribution in [1.29, 1.82) is 0 Å². The van der Waals surface area contributed by atoms with Crippen molar-refractivity contribution in [3.8, 4) is 11.5 Å². The van der Waals surface area contributed by atoms with E-state index in [2.05, 4.69) is 4.90 Å². The molecule has 1 saturated heterocycles. The van der Waals surface area contributed by atoms with E-state index in [1.54, 1.807) is 24.3 Å². The molecule has 1 aliphatic rings. The molecule has 9 heteroatoms. The largest absolute Gasteiger partial charge is 0.507 e. The summed E-state index contributed by atoms with van der Waals surface area (Å²) in [5.74, 6) is -2.83. The van der Waals surface area contributed by atoms with Gasteiger partial charge in [0, 0.05) is 20.0 Å². The van der Waals surface area contributed by atoms with Crippen LogP contribution >= 0.6 is 0 Å². The molecule has 0 aliphatic carbocycles. The zero-order chi connectivity index (χ0) is 25.7. The maximum absolute atomic E-state index is 14.0. The first-order valence-electron chi connectivity index (χ1n) is 11.3. The van der Waals surface area contributed by atoms with Gasteiger partial charge in [0.15, 0.2) is 0 Å². The lowest BCUT2D eigenvalue weighted by Gasteiger charge is -2.28. The van der Waals surface area contributed by atoms with Crippen molar-refractivity contribution in [3.05, 3.63) is 65.0 Å². The van der Waals surface area contributed by atoms with Gasteiger partial charge in [-0.05, 0) is 49.0 Å². The van der Waals surface area contributed by atoms with E-state index in [9.17, 15) is 23.9 Å². The zero-order valence-electron chi connectivity index (χ0n) is 20.2. The highest BCUT2D eigenvalue weighted by molar-refractivity contribution is 6.46. The fourth-order valence-electron chi connectivity index (χ4n) is 4.14. The maximum atomic E-state index is 14.0. The van der Waals surface area contributed by atoms with Gasteiger partial charge in [0.25, 0.3) is 11.7 Å². The van der Waals surface area contributed by atoms with Crippen molar-refractivity contribution in [2.45, 2.75) is 26.8 Å². The number of ether oxygens (including phenoxy) is 2. The molecule has 0 saturated carbocycles. The van der Waals surface area contributed by atoms with Crippen LogP contribution in [0.15, 0.2) is 48.0 Å². The number of hydrogen-bond donors (Lipinski definition) is 1. The Morgan fingerprint density at radius 1 is 1.11 bits per heavy atom. The molecule has 1 unspecified atom stereocenters. The van der Waals surface area contributed by atoms with E-state index in [0.29, 0.717) is 17.9 Å². The lowest BCUT2D eigenvalue weighted by atomic mass is 9.95. The van der Waals surface area contributed by atoms with Crippen molar-refractivity contribution >= 4 is 23.4 Å². The second-order valence-electron chi connectivity index (χ2n) is 8.03. The molecule has 2 aromatic carbocycles. The molecule has 186 valence electrons.